The molecule has 204 valence electrons. The number of nitrogens with zero attached hydrogens (tertiary/aromatic N) is 2. The molecule has 0 saturated carbocycles. The summed E-state index contributed by atoms with van der Waals surface area (Å²) in [5.41, 5.74) is -1.19. The maximum absolute atomic E-state index is 13.1. The van der Waals surface area contributed by atoms with Gasteiger partial charge in [0.05, 0.1) is 22.3 Å². The van der Waals surface area contributed by atoms with Crippen LogP contribution in [0.5, 0.6) is 11.5 Å². The Morgan fingerprint density at radius 2 is 1.11 bits per heavy atom. The summed E-state index contributed by atoms with van der Waals surface area (Å²) >= 11 is 0. The Labute approximate surface area is 222 Å². The molecule has 0 spiro atoms. The van der Waals surface area contributed by atoms with Crippen LogP contribution in [0, 0.1) is 0 Å². The van der Waals surface area contributed by atoms with Crippen LogP contribution in [-0.2, 0) is 14.4 Å². The van der Waals surface area contributed by atoms with Gasteiger partial charge in [0, 0.05) is 61.8 Å². The van der Waals surface area contributed by atoms with Gasteiger partial charge in [0.2, 0.25) is 11.6 Å². The van der Waals surface area contributed by atoms with Crippen LogP contribution in [0.4, 0.5) is 5.69 Å². The lowest BCUT2D eigenvalue weighted by molar-refractivity contribution is -0.130. The van der Waals surface area contributed by atoms with E-state index in [4.69, 9.17) is 0 Å². The number of anilines is 1. The number of phenols is 2. The molecule has 0 amide bonds. The van der Waals surface area contributed by atoms with Crippen molar-refractivity contribution in [2.45, 2.75) is 53.4 Å². The first-order chi connectivity index (χ1) is 18.1. The van der Waals surface area contributed by atoms with Crippen molar-refractivity contribution in [2.75, 3.05) is 31.1 Å². The van der Waals surface area contributed by atoms with Crippen LogP contribution in [0.1, 0.15) is 58.9 Å². The summed E-state index contributed by atoms with van der Waals surface area (Å²) in [6, 6.07) is 2.72. The zero-order valence-corrected chi connectivity index (χ0v) is 22.4. The van der Waals surface area contributed by atoms with Gasteiger partial charge >= 0.3 is 0 Å². The number of hydrogen-bond donors (Lipinski definition) is 4. The Morgan fingerprint density at radius 3 is 1.58 bits per heavy atom. The van der Waals surface area contributed by atoms with Crippen molar-refractivity contribution >= 4 is 28.6 Å². The molecule has 38 heavy (non-hydrogen) atoms. The summed E-state index contributed by atoms with van der Waals surface area (Å²) in [5, 5.41) is 43.3. The Morgan fingerprint density at radius 1 is 0.632 bits per heavy atom. The van der Waals surface area contributed by atoms with E-state index in [1.54, 1.807) is 0 Å². The third-order valence-corrected chi connectivity index (χ3v) is 6.49. The van der Waals surface area contributed by atoms with E-state index in [9.17, 15) is 34.8 Å². The van der Waals surface area contributed by atoms with Crippen LogP contribution in [-0.4, -0.2) is 68.9 Å². The van der Waals surface area contributed by atoms with Gasteiger partial charge in [0.15, 0.2) is 5.78 Å². The highest BCUT2D eigenvalue weighted by Gasteiger charge is 2.43. The van der Waals surface area contributed by atoms with Crippen molar-refractivity contribution in [3.8, 4) is 11.5 Å². The summed E-state index contributed by atoms with van der Waals surface area (Å²) < 4.78 is 0. The maximum Gasteiger partial charge on any atom is 0.238 e. The second-order valence-electron chi connectivity index (χ2n) is 9.43. The second-order valence-corrected chi connectivity index (χ2v) is 9.43. The molecule has 0 fully saturated rings. The minimum absolute atomic E-state index is 0.409. The number of aliphatic hydroxyl groups excluding tert-OH is 2. The summed E-state index contributed by atoms with van der Waals surface area (Å²) in [6.45, 7) is 10.6. The van der Waals surface area contributed by atoms with Crippen molar-refractivity contribution in [1.82, 2.24) is 4.90 Å². The highest BCUT2D eigenvalue weighted by atomic mass is 16.3. The van der Waals surface area contributed by atoms with Crippen molar-refractivity contribution in [3.05, 3.63) is 58.2 Å². The van der Waals surface area contributed by atoms with Crippen molar-refractivity contribution < 1.29 is 34.8 Å². The Balaban J connectivity index is 2.12. The first-order valence-electron chi connectivity index (χ1n) is 13.1. The number of benzene rings is 1. The quantitative estimate of drug-likeness (QED) is 0.244. The summed E-state index contributed by atoms with van der Waals surface area (Å²) in [5.74, 6) is -5.58. The van der Waals surface area contributed by atoms with E-state index in [0.29, 0.717) is 37.6 Å². The number of carbonyl (C=O) groups excluding carboxylic acids is 3. The first kappa shape index (κ1) is 28.6. The minimum atomic E-state index is -1.21. The molecule has 4 N–H and O–H groups in total. The fourth-order valence-corrected chi connectivity index (χ4v) is 4.91. The van der Waals surface area contributed by atoms with E-state index in [1.807, 2.05) is 37.5 Å². The molecule has 1 aromatic rings. The highest BCUT2D eigenvalue weighted by Crippen LogP contribution is 2.44. The molecule has 2 aliphatic rings. The summed E-state index contributed by atoms with van der Waals surface area (Å²) in [4.78, 5) is 42.9. The van der Waals surface area contributed by atoms with E-state index in [2.05, 4.69) is 0 Å². The molecule has 0 radical (unpaired) electrons. The van der Waals surface area contributed by atoms with Gasteiger partial charge in [-0.25, -0.2) is 0 Å². The van der Waals surface area contributed by atoms with Crippen LogP contribution >= 0.6 is 0 Å². The minimum Gasteiger partial charge on any atom is -0.507 e. The number of rotatable bonds is 11. The van der Waals surface area contributed by atoms with Gasteiger partial charge in [0.25, 0.3) is 0 Å². The third kappa shape index (κ3) is 5.32. The van der Waals surface area contributed by atoms with Gasteiger partial charge in [-0.1, -0.05) is 27.7 Å². The van der Waals surface area contributed by atoms with E-state index >= 15 is 0 Å². The normalized spacial score (nSPS) is 17.7. The largest absolute Gasteiger partial charge is 0.507 e. The van der Waals surface area contributed by atoms with Crippen LogP contribution in [0.3, 0.4) is 0 Å². The van der Waals surface area contributed by atoms with Gasteiger partial charge in [-0.05, 0) is 25.7 Å². The number of Topliss-reactive ketones (excluding diaryl/α,β-unsaturated/α-hetero) is 2. The molecule has 9 heteroatoms. The average Bonchev–Trinajstić information content (AvgIpc) is 3.06. The number of phenolic OH excluding ortho intramolecular Hbond substituents is 2. The number of ketones is 3. The molecule has 3 rings (SSSR count). The molecule has 1 aromatic carbocycles. The lowest BCUT2D eigenvalue weighted by Gasteiger charge is -2.27. The Hall–Kier alpha value is -4.01. The smallest absolute Gasteiger partial charge is 0.238 e. The SMILES string of the molecule is CCCN(CCC)C1=CC(=O)/C(=C2/C(=O)C(=O)C(c3c(O)cc(N(CCC)CCC)cc3O)=C2O)C(O)=C1. The molecular weight excluding hydrogens is 488 g/mol. The zero-order valence-electron chi connectivity index (χ0n) is 22.4. The molecular formula is C29H36N2O7. The molecule has 9 nitrogen and oxygen atoms in total. The van der Waals surface area contributed by atoms with Gasteiger partial charge in [-0.2, -0.15) is 0 Å². The summed E-state index contributed by atoms with van der Waals surface area (Å²) in [7, 11) is 0. The average molecular weight is 525 g/mol. The zero-order chi connectivity index (χ0) is 28.1. The molecule has 0 aliphatic heterocycles. The van der Waals surface area contributed by atoms with Crippen LogP contribution in [0.15, 0.2) is 52.6 Å². The molecule has 0 unspecified atom stereocenters. The second kappa shape index (κ2) is 12.0. The molecule has 0 aromatic heterocycles. The fraction of sp³-hybridized carbons (Fsp3) is 0.414. The van der Waals surface area contributed by atoms with Gasteiger partial charge in [-0.15, -0.1) is 0 Å². The highest BCUT2D eigenvalue weighted by molar-refractivity contribution is 6.63. The van der Waals surface area contributed by atoms with E-state index in [-0.39, 0.29) is 0 Å². The topological polar surface area (TPSA) is 139 Å². The molecule has 0 atom stereocenters. The number of aliphatic hydroxyl groups is 2. The van der Waals surface area contributed by atoms with E-state index in [0.717, 1.165) is 25.7 Å². The van der Waals surface area contributed by atoms with Gasteiger partial charge in [-0.3, -0.25) is 14.4 Å². The van der Waals surface area contributed by atoms with Crippen LogP contribution in [0.2, 0.25) is 0 Å². The number of aromatic hydroxyl groups is 2. The number of hydrogen-bond acceptors (Lipinski definition) is 9. The van der Waals surface area contributed by atoms with E-state index < -0.39 is 62.6 Å². The fourth-order valence-electron chi connectivity index (χ4n) is 4.91. The Kier molecular flexibility index (Phi) is 9.04. The lowest BCUT2D eigenvalue weighted by Crippen LogP contribution is -2.27. The van der Waals surface area contributed by atoms with Crippen molar-refractivity contribution in [1.29, 1.82) is 0 Å². The molecule has 0 saturated heterocycles. The molecule has 2 aliphatic carbocycles. The number of carbonyl (C=O) groups is 3. The maximum atomic E-state index is 13.1. The van der Waals surface area contributed by atoms with Crippen molar-refractivity contribution in [3.63, 3.8) is 0 Å². The molecule has 0 bridgehead atoms. The third-order valence-electron chi connectivity index (χ3n) is 6.49. The molecule has 0 heterocycles. The number of allylic oxidation sites excluding steroid dienone is 5. The predicted molar refractivity (Wildman–Crippen MR) is 145 cm³/mol. The van der Waals surface area contributed by atoms with Crippen molar-refractivity contribution in [2.24, 2.45) is 0 Å². The summed E-state index contributed by atoms with van der Waals surface area (Å²) in [6.07, 6.45) is 5.88. The van der Waals surface area contributed by atoms with Crippen LogP contribution in [0.25, 0.3) is 5.57 Å². The van der Waals surface area contributed by atoms with Gasteiger partial charge in [0.1, 0.15) is 23.0 Å². The monoisotopic (exact) mass is 524 g/mol. The predicted octanol–water partition coefficient (Wildman–Crippen LogP) is 4.47. The van der Waals surface area contributed by atoms with E-state index in [1.165, 1.54) is 24.3 Å². The lowest BCUT2D eigenvalue weighted by atomic mass is 9.94. The first-order valence-corrected chi connectivity index (χ1v) is 13.1. The standard InChI is InChI=1S/C29H36N2O7/c1-5-9-30(10-6-2)17-13-19(32)23(20(33)14-17)25-27(36)26(29(38)28(25)37)24-21(34)15-18(16-22(24)35)31(11-7-3)12-8-4/h13-16,32-34,36H,5-12H2,1-4H3/b26-24+. The van der Waals surface area contributed by atoms with Crippen LogP contribution < -0.4 is 4.90 Å². The Bertz CT molecular complexity index is 1230. The van der Waals surface area contributed by atoms with Gasteiger partial charge < -0.3 is 30.2 Å².